The zero-order chi connectivity index (χ0) is 13.8. The monoisotopic (exact) mass is 257 g/mol. The highest BCUT2D eigenvalue weighted by atomic mass is 16.4. The molecule has 2 aromatic rings. The molecule has 0 aliphatic carbocycles. The fourth-order valence-corrected chi connectivity index (χ4v) is 1.49. The molecule has 0 aliphatic rings. The van der Waals surface area contributed by atoms with Crippen LogP contribution in [0.3, 0.4) is 0 Å². The summed E-state index contributed by atoms with van der Waals surface area (Å²) in [6, 6.07) is 11.1. The number of hydrogen-bond donors (Lipinski definition) is 4. The second kappa shape index (κ2) is 5.51. The van der Waals surface area contributed by atoms with Gasteiger partial charge in [0.15, 0.2) is 5.75 Å². The maximum atomic E-state index is 9.66. The number of rotatable bonds is 3. The quantitative estimate of drug-likeness (QED) is 0.285. The van der Waals surface area contributed by atoms with Crippen LogP contribution < -0.4 is 11.2 Å². The molecular formula is C12H12BN3O3. The second-order valence-electron chi connectivity index (χ2n) is 3.88. The van der Waals surface area contributed by atoms with Crippen molar-refractivity contribution < 1.29 is 15.2 Å². The highest BCUT2D eigenvalue weighted by Gasteiger charge is 2.10. The van der Waals surface area contributed by atoms with E-state index in [0.717, 1.165) is 0 Å². The van der Waals surface area contributed by atoms with Crippen molar-refractivity contribution in [3.63, 3.8) is 0 Å². The molecule has 0 saturated heterocycles. The SMILES string of the molecule is Nc1cccc(N=Nc2cccc(B(O)O)c2)c1O. The second-order valence-corrected chi connectivity index (χ2v) is 3.88. The van der Waals surface area contributed by atoms with Gasteiger partial charge in [0.1, 0.15) is 5.69 Å². The zero-order valence-corrected chi connectivity index (χ0v) is 9.93. The molecule has 0 aliphatic heterocycles. The summed E-state index contributed by atoms with van der Waals surface area (Å²) >= 11 is 0. The molecule has 6 nitrogen and oxygen atoms in total. The summed E-state index contributed by atoms with van der Waals surface area (Å²) in [6.07, 6.45) is 0. The fraction of sp³-hybridized carbons (Fsp3) is 0. The Kier molecular flexibility index (Phi) is 3.79. The van der Waals surface area contributed by atoms with E-state index < -0.39 is 7.12 Å². The molecule has 0 saturated carbocycles. The summed E-state index contributed by atoms with van der Waals surface area (Å²) in [5.41, 5.74) is 6.75. The van der Waals surface area contributed by atoms with E-state index in [0.29, 0.717) is 11.2 Å². The molecule has 2 rings (SSSR count). The Morgan fingerprint density at radius 2 is 1.74 bits per heavy atom. The summed E-state index contributed by atoms with van der Waals surface area (Å²) in [7, 11) is -1.56. The number of anilines is 1. The van der Waals surface area contributed by atoms with Crippen LogP contribution in [0, 0.1) is 0 Å². The van der Waals surface area contributed by atoms with Crippen LogP contribution in [0.4, 0.5) is 17.1 Å². The number of aromatic hydroxyl groups is 1. The van der Waals surface area contributed by atoms with Crippen molar-refractivity contribution in [1.29, 1.82) is 0 Å². The van der Waals surface area contributed by atoms with E-state index in [1.54, 1.807) is 36.4 Å². The Hall–Kier alpha value is -2.38. The largest absolute Gasteiger partial charge is 0.504 e. The van der Waals surface area contributed by atoms with E-state index in [2.05, 4.69) is 10.2 Å². The van der Waals surface area contributed by atoms with Gasteiger partial charge in [0.2, 0.25) is 0 Å². The summed E-state index contributed by atoms with van der Waals surface area (Å²) < 4.78 is 0. The number of benzene rings is 2. The van der Waals surface area contributed by atoms with Crippen molar-refractivity contribution in [3.8, 4) is 5.75 Å². The zero-order valence-electron chi connectivity index (χ0n) is 9.93. The third-order valence-electron chi connectivity index (χ3n) is 2.49. The average Bonchev–Trinajstić information content (AvgIpc) is 2.41. The average molecular weight is 257 g/mol. The minimum atomic E-state index is -1.56. The molecule has 96 valence electrons. The normalized spacial score (nSPS) is 10.8. The van der Waals surface area contributed by atoms with Gasteiger partial charge in [0.25, 0.3) is 0 Å². The third-order valence-corrected chi connectivity index (χ3v) is 2.49. The Morgan fingerprint density at radius 1 is 1.00 bits per heavy atom. The van der Waals surface area contributed by atoms with Crippen LogP contribution >= 0.6 is 0 Å². The van der Waals surface area contributed by atoms with Gasteiger partial charge in [-0.3, -0.25) is 0 Å². The van der Waals surface area contributed by atoms with Gasteiger partial charge in [-0.15, -0.1) is 5.11 Å². The lowest BCUT2D eigenvalue weighted by Gasteiger charge is -2.01. The topological polar surface area (TPSA) is 111 Å². The number of para-hydroxylation sites is 1. The number of nitrogens with zero attached hydrogens (tertiary/aromatic N) is 2. The van der Waals surface area contributed by atoms with Crippen LogP contribution in [0.5, 0.6) is 5.75 Å². The number of phenols is 1. The minimum Gasteiger partial charge on any atom is -0.504 e. The molecule has 0 bridgehead atoms. The van der Waals surface area contributed by atoms with Gasteiger partial charge >= 0.3 is 7.12 Å². The molecule has 0 amide bonds. The fourth-order valence-electron chi connectivity index (χ4n) is 1.49. The first-order chi connectivity index (χ1) is 9.08. The molecule has 0 spiro atoms. The van der Waals surface area contributed by atoms with Gasteiger partial charge in [-0.05, 0) is 29.7 Å². The lowest BCUT2D eigenvalue weighted by Crippen LogP contribution is -2.29. The van der Waals surface area contributed by atoms with E-state index in [4.69, 9.17) is 15.8 Å². The van der Waals surface area contributed by atoms with Crippen molar-refractivity contribution in [2.24, 2.45) is 10.2 Å². The molecule has 0 atom stereocenters. The molecule has 0 aromatic heterocycles. The molecule has 0 radical (unpaired) electrons. The predicted molar refractivity (Wildman–Crippen MR) is 73.0 cm³/mol. The molecule has 7 heteroatoms. The maximum absolute atomic E-state index is 9.66. The van der Waals surface area contributed by atoms with Crippen LogP contribution in [-0.2, 0) is 0 Å². The number of hydrogen-bond acceptors (Lipinski definition) is 6. The molecule has 19 heavy (non-hydrogen) atoms. The van der Waals surface area contributed by atoms with Gasteiger partial charge < -0.3 is 20.9 Å². The van der Waals surface area contributed by atoms with Crippen molar-refractivity contribution in [3.05, 3.63) is 42.5 Å². The number of azo groups is 1. The minimum absolute atomic E-state index is 0.135. The molecule has 0 fully saturated rings. The molecule has 0 heterocycles. The summed E-state index contributed by atoms with van der Waals surface area (Å²) in [6.45, 7) is 0. The van der Waals surface area contributed by atoms with Crippen molar-refractivity contribution in [1.82, 2.24) is 0 Å². The summed E-state index contributed by atoms with van der Waals surface area (Å²) in [5.74, 6) is -0.135. The Balaban J connectivity index is 2.27. The first-order valence-electron chi connectivity index (χ1n) is 5.53. The van der Waals surface area contributed by atoms with Crippen molar-refractivity contribution in [2.45, 2.75) is 0 Å². The van der Waals surface area contributed by atoms with E-state index in [9.17, 15) is 5.11 Å². The Labute approximate surface area is 110 Å². The molecule has 5 N–H and O–H groups in total. The lowest BCUT2D eigenvalue weighted by atomic mass is 9.80. The molecule has 2 aromatic carbocycles. The maximum Gasteiger partial charge on any atom is 0.488 e. The number of nitrogens with two attached hydrogens (primary N) is 1. The lowest BCUT2D eigenvalue weighted by molar-refractivity contribution is 0.426. The van der Waals surface area contributed by atoms with Gasteiger partial charge in [0, 0.05) is 0 Å². The summed E-state index contributed by atoms with van der Waals surface area (Å²) in [5, 5.41) is 35.5. The number of phenolic OH excluding ortho intramolecular Hbond substituents is 1. The van der Waals surface area contributed by atoms with E-state index in [-0.39, 0.29) is 17.1 Å². The first-order valence-corrected chi connectivity index (χ1v) is 5.53. The van der Waals surface area contributed by atoms with Gasteiger partial charge in [-0.1, -0.05) is 18.2 Å². The van der Waals surface area contributed by atoms with Crippen molar-refractivity contribution >= 4 is 29.6 Å². The van der Waals surface area contributed by atoms with Crippen LogP contribution in [0.25, 0.3) is 0 Å². The van der Waals surface area contributed by atoms with Crippen LogP contribution in [0.1, 0.15) is 0 Å². The summed E-state index contributed by atoms with van der Waals surface area (Å²) in [4.78, 5) is 0. The first kappa shape index (κ1) is 13.1. The van der Waals surface area contributed by atoms with E-state index in [1.807, 2.05) is 0 Å². The van der Waals surface area contributed by atoms with E-state index in [1.165, 1.54) is 6.07 Å². The predicted octanol–water partition coefficient (Wildman–Crippen LogP) is 1.07. The van der Waals surface area contributed by atoms with Crippen LogP contribution in [0.15, 0.2) is 52.7 Å². The van der Waals surface area contributed by atoms with Gasteiger partial charge in [-0.25, -0.2) is 0 Å². The van der Waals surface area contributed by atoms with Crippen LogP contribution in [0.2, 0.25) is 0 Å². The Bertz CT molecular complexity index is 617. The highest BCUT2D eigenvalue weighted by Crippen LogP contribution is 2.32. The smallest absolute Gasteiger partial charge is 0.488 e. The standard InChI is InChI=1S/C12H12BN3O3/c14-10-5-2-6-11(12(10)17)16-15-9-4-1-3-8(7-9)13(18)19/h1-7,17-19H,14H2. The van der Waals surface area contributed by atoms with Crippen molar-refractivity contribution in [2.75, 3.05) is 5.73 Å². The third kappa shape index (κ3) is 3.09. The molecular weight excluding hydrogens is 245 g/mol. The Morgan fingerprint density at radius 3 is 2.47 bits per heavy atom. The van der Waals surface area contributed by atoms with Gasteiger partial charge in [-0.2, -0.15) is 5.11 Å². The van der Waals surface area contributed by atoms with E-state index >= 15 is 0 Å². The van der Waals surface area contributed by atoms with Gasteiger partial charge in [0.05, 0.1) is 11.4 Å². The number of nitrogen functional groups attached to an aromatic ring is 1. The van der Waals surface area contributed by atoms with Crippen LogP contribution in [-0.4, -0.2) is 22.3 Å². The molecule has 0 unspecified atom stereocenters. The highest BCUT2D eigenvalue weighted by molar-refractivity contribution is 6.58.